The van der Waals surface area contributed by atoms with Crippen molar-refractivity contribution in [3.8, 4) is 0 Å². The van der Waals surface area contributed by atoms with Gasteiger partial charge in [-0.2, -0.15) is 0 Å². The number of allylic oxidation sites excluding steroid dienone is 2. The molecule has 0 amide bonds. The van der Waals surface area contributed by atoms with Crippen LogP contribution < -0.4 is 0 Å². The molecule has 2 atom stereocenters. The molecular weight excluding hydrogens is 348 g/mol. The van der Waals surface area contributed by atoms with Crippen LogP contribution >= 0.6 is 0 Å². The van der Waals surface area contributed by atoms with E-state index in [1.54, 1.807) is 24.3 Å². The van der Waals surface area contributed by atoms with Crippen molar-refractivity contribution in [2.24, 2.45) is 10.8 Å². The zero-order chi connectivity index (χ0) is 18.9. The maximum atomic E-state index is 13.3. The largest absolute Gasteiger partial charge is 0.458 e. The SMILES string of the molecule is Cc1ccc(S(=O)(=O)C2=C3C(=O)O[C@H]4CCC(C)(C)C(=CC2)[C@@]34C)cc1. The number of carbonyl (C=O) groups is 1. The van der Waals surface area contributed by atoms with Gasteiger partial charge >= 0.3 is 5.97 Å². The van der Waals surface area contributed by atoms with E-state index in [1.165, 1.54) is 0 Å². The monoisotopic (exact) mass is 372 g/mol. The zero-order valence-corrected chi connectivity index (χ0v) is 16.4. The lowest BCUT2D eigenvalue weighted by molar-refractivity contribution is -0.140. The van der Waals surface area contributed by atoms with Crippen molar-refractivity contribution < 1.29 is 17.9 Å². The van der Waals surface area contributed by atoms with Crippen molar-refractivity contribution in [3.63, 3.8) is 0 Å². The van der Waals surface area contributed by atoms with Crippen LogP contribution in [0.25, 0.3) is 0 Å². The molecule has 1 aromatic rings. The van der Waals surface area contributed by atoms with Crippen LogP contribution in [0.4, 0.5) is 0 Å². The summed E-state index contributed by atoms with van der Waals surface area (Å²) in [5, 5.41) is 0. The standard InChI is InChI=1S/C21H24O4S/c1-13-5-7-14(8-6-13)26(23,24)15-9-10-16-20(2,3)12-11-17-21(16,4)18(15)19(22)25-17/h5-8,10,17H,9,11-12H2,1-4H3/t17-,21+/m0/s1. The minimum Gasteiger partial charge on any atom is -0.458 e. The summed E-state index contributed by atoms with van der Waals surface area (Å²) < 4.78 is 32.3. The van der Waals surface area contributed by atoms with E-state index >= 15 is 0 Å². The number of sulfone groups is 1. The Kier molecular flexibility index (Phi) is 3.59. The predicted octanol–water partition coefficient (Wildman–Crippen LogP) is 4.10. The second-order valence-electron chi connectivity index (χ2n) is 8.46. The summed E-state index contributed by atoms with van der Waals surface area (Å²) in [7, 11) is -3.74. The molecule has 26 heavy (non-hydrogen) atoms. The third kappa shape index (κ3) is 2.19. The van der Waals surface area contributed by atoms with Crippen LogP contribution in [-0.4, -0.2) is 20.5 Å². The van der Waals surface area contributed by atoms with E-state index in [0.717, 1.165) is 24.0 Å². The number of aryl methyl sites for hydroxylation is 1. The van der Waals surface area contributed by atoms with Gasteiger partial charge in [0, 0.05) is 6.42 Å². The van der Waals surface area contributed by atoms with Crippen LogP contribution in [0.5, 0.6) is 0 Å². The Balaban J connectivity index is 1.92. The number of rotatable bonds is 2. The van der Waals surface area contributed by atoms with Gasteiger partial charge in [0.1, 0.15) is 6.10 Å². The lowest BCUT2D eigenvalue weighted by Crippen LogP contribution is -2.44. The molecule has 0 spiro atoms. The van der Waals surface area contributed by atoms with Crippen molar-refractivity contribution in [1.29, 1.82) is 0 Å². The molecule has 0 unspecified atom stereocenters. The molecule has 0 N–H and O–H groups in total. The highest BCUT2D eigenvalue weighted by atomic mass is 32.2. The van der Waals surface area contributed by atoms with Crippen molar-refractivity contribution in [3.05, 3.63) is 52.0 Å². The maximum absolute atomic E-state index is 13.3. The molecule has 1 aromatic carbocycles. The summed E-state index contributed by atoms with van der Waals surface area (Å²) in [6, 6.07) is 6.79. The minimum absolute atomic E-state index is 0.0658. The first kappa shape index (κ1) is 17.5. The zero-order valence-electron chi connectivity index (χ0n) is 15.6. The Bertz CT molecular complexity index is 964. The third-order valence-corrected chi connectivity index (χ3v) is 8.28. The summed E-state index contributed by atoms with van der Waals surface area (Å²) in [5.74, 6) is -0.466. The molecule has 138 valence electrons. The highest BCUT2D eigenvalue weighted by molar-refractivity contribution is 7.95. The van der Waals surface area contributed by atoms with E-state index in [1.807, 2.05) is 19.9 Å². The number of hydrogen-bond acceptors (Lipinski definition) is 4. The molecule has 1 saturated carbocycles. The van der Waals surface area contributed by atoms with Crippen LogP contribution in [0.1, 0.15) is 45.6 Å². The first-order chi connectivity index (χ1) is 12.1. The summed E-state index contributed by atoms with van der Waals surface area (Å²) >= 11 is 0. The number of ether oxygens (including phenoxy) is 1. The molecule has 5 heteroatoms. The van der Waals surface area contributed by atoms with Gasteiger partial charge in [0.05, 0.1) is 20.8 Å². The van der Waals surface area contributed by atoms with Crippen LogP contribution in [0.3, 0.4) is 0 Å². The fourth-order valence-electron chi connectivity index (χ4n) is 4.96. The fourth-order valence-corrected chi connectivity index (χ4v) is 6.60. The fraction of sp³-hybridized carbons (Fsp3) is 0.476. The van der Waals surface area contributed by atoms with E-state index in [0.29, 0.717) is 5.57 Å². The van der Waals surface area contributed by atoms with Crippen LogP contribution in [0.15, 0.2) is 51.3 Å². The van der Waals surface area contributed by atoms with Gasteiger partial charge in [0.2, 0.25) is 9.84 Å². The van der Waals surface area contributed by atoms with Crippen molar-refractivity contribution >= 4 is 15.8 Å². The summed E-state index contributed by atoms with van der Waals surface area (Å²) in [5.41, 5.74) is 1.78. The Morgan fingerprint density at radius 2 is 1.77 bits per heavy atom. The molecule has 2 aliphatic carbocycles. The van der Waals surface area contributed by atoms with Gasteiger partial charge in [-0.25, -0.2) is 13.2 Å². The smallest absolute Gasteiger partial charge is 0.336 e. The highest BCUT2D eigenvalue weighted by Gasteiger charge is 2.60. The van der Waals surface area contributed by atoms with Crippen LogP contribution in [0, 0.1) is 17.8 Å². The molecule has 0 radical (unpaired) electrons. The van der Waals surface area contributed by atoms with E-state index in [2.05, 4.69) is 13.8 Å². The van der Waals surface area contributed by atoms with E-state index in [4.69, 9.17) is 4.74 Å². The normalized spacial score (nSPS) is 29.9. The first-order valence-corrected chi connectivity index (χ1v) is 10.5. The minimum atomic E-state index is -3.74. The molecule has 0 bridgehead atoms. The second kappa shape index (κ2) is 5.32. The molecule has 0 aromatic heterocycles. The van der Waals surface area contributed by atoms with Crippen molar-refractivity contribution in [2.45, 2.75) is 58.0 Å². The molecule has 1 heterocycles. The second-order valence-corrected chi connectivity index (χ2v) is 10.4. The van der Waals surface area contributed by atoms with Crippen LogP contribution in [0.2, 0.25) is 0 Å². The first-order valence-electron chi connectivity index (χ1n) is 9.06. The maximum Gasteiger partial charge on any atom is 0.336 e. The van der Waals surface area contributed by atoms with Gasteiger partial charge in [-0.05, 0) is 44.2 Å². The van der Waals surface area contributed by atoms with Gasteiger partial charge < -0.3 is 4.74 Å². The summed E-state index contributed by atoms with van der Waals surface area (Å²) in [6.07, 6.45) is 3.70. The Hall–Kier alpha value is -1.88. The molecule has 2 fully saturated rings. The summed E-state index contributed by atoms with van der Waals surface area (Å²) in [6.45, 7) is 8.23. The molecule has 4 nitrogen and oxygen atoms in total. The van der Waals surface area contributed by atoms with Crippen molar-refractivity contribution in [2.75, 3.05) is 0 Å². The lowest BCUT2D eigenvalue weighted by atomic mass is 9.56. The van der Waals surface area contributed by atoms with E-state index in [9.17, 15) is 13.2 Å². The number of carbonyl (C=O) groups excluding carboxylic acids is 1. The Labute approximate surface area is 154 Å². The van der Waals surface area contributed by atoms with E-state index < -0.39 is 21.2 Å². The van der Waals surface area contributed by atoms with Gasteiger partial charge in [0.25, 0.3) is 0 Å². The molecule has 1 saturated heterocycles. The number of esters is 1. The topological polar surface area (TPSA) is 60.4 Å². The summed E-state index contributed by atoms with van der Waals surface area (Å²) in [4.78, 5) is 13.2. The van der Waals surface area contributed by atoms with Gasteiger partial charge in [-0.15, -0.1) is 0 Å². The van der Waals surface area contributed by atoms with Crippen molar-refractivity contribution in [1.82, 2.24) is 0 Å². The Morgan fingerprint density at radius 1 is 1.12 bits per heavy atom. The predicted molar refractivity (Wildman–Crippen MR) is 99.1 cm³/mol. The Morgan fingerprint density at radius 3 is 2.42 bits per heavy atom. The molecule has 4 rings (SSSR count). The molecule has 1 aliphatic heterocycles. The molecule has 3 aliphatic rings. The van der Waals surface area contributed by atoms with Crippen LogP contribution in [-0.2, 0) is 19.4 Å². The number of hydrogen-bond donors (Lipinski definition) is 0. The van der Waals surface area contributed by atoms with E-state index in [-0.39, 0.29) is 27.7 Å². The van der Waals surface area contributed by atoms with Gasteiger partial charge in [0.15, 0.2) is 0 Å². The molecular formula is C21H24O4S. The average molecular weight is 372 g/mol. The van der Waals surface area contributed by atoms with Gasteiger partial charge in [-0.1, -0.05) is 43.2 Å². The quantitative estimate of drug-likeness (QED) is 0.579. The third-order valence-electron chi connectivity index (χ3n) is 6.36. The average Bonchev–Trinajstić information content (AvgIpc) is 2.82. The highest BCUT2D eigenvalue weighted by Crippen LogP contribution is 2.61. The van der Waals surface area contributed by atoms with Gasteiger partial charge in [-0.3, -0.25) is 0 Å². The lowest BCUT2D eigenvalue weighted by Gasteiger charge is -2.48. The number of benzene rings is 1.